The molecule has 0 aliphatic carbocycles. The minimum absolute atomic E-state index is 0.0634. The van der Waals surface area contributed by atoms with E-state index in [0.29, 0.717) is 43.7 Å². The highest BCUT2D eigenvalue weighted by molar-refractivity contribution is 7.91. The summed E-state index contributed by atoms with van der Waals surface area (Å²) in [5, 5.41) is 11.1. The van der Waals surface area contributed by atoms with Crippen molar-refractivity contribution in [3.63, 3.8) is 0 Å². The number of hydrogen-bond acceptors (Lipinski definition) is 6. The lowest BCUT2D eigenvalue weighted by molar-refractivity contribution is -0.0540. The lowest BCUT2D eigenvalue weighted by Gasteiger charge is -2.34. The third kappa shape index (κ3) is 4.15. The molecule has 2 aromatic carbocycles. The van der Waals surface area contributed by atoms with Gasteiger partial charge in [0.05, 0.1) is 36.0 Å². The first-order valence-corrected chi connectivity index (χ1v) is 12.7. The largest absolute Gasteiger partial charge is 0.391 e. The zero-order valence-electron chi connectivity index (χ0n) is 18.2. The van der Waals surface area contributed by atoms with E-state index in [9.17, 15) is 13.5 Å². The van der Waals surface area contributed by atoms with E-state index in [2.05, 4.69) is 20.9 Å². The number of β-amino-alcohol motifs (C(OH)–C–C–N with tert-alkyl or cyclic N) is 1. The lowest BCUT2D eigenvalue weighted by atomic mass is 10.1. The summed E-state index contributed by atoms with van der Waals surface area (Å²) in [6.07, 6.45) is 0.351. The van der Waals surface area contributed by atoms with Crippen molar-refractivity contribution in [3.8, 4) is 11.3 Å². The predicted molar refractivity (Wildman–Crippen MR) is 126 cm³/mol. The number of benzene rings is 2. The number of aliphatic hydroxyl groups is 1. The number of nitrogens with zero attached hydrogens (tertiary/aromatic N) is 2. The Balaban J connectivity index is 1.49. The zero-order valence-corrected chi connectivity index (χ0v) is 19.0. The normalized spacial score (nSPS) is 19.7. The molecule has 8 heteroatoms. The molecular weight excluding hydrogens is 426 g/mol. The fraction of sp³-hybridized carbons (Fsp3) is 0.417. The summed E-state index contributed by atoms with van der Waals surface area (Å²) in [6.45, 7) is 3.09. The van der Waals surface area contributed by atoms with Gasteiger partial charge in [-0.3, -0.25) is 4.90 Å². The predicted octanol–water partition coefficient (Wildman–Crippen LogP) is 2.51. The number of aromatic nitrogens is 1. The maximum atomic E-state index is 13.2. The van der Waals surface area contributed by atoms with E-state index in [-0.39, 0.29) is 11.9 Å². The van der Waals surface area contributed by atoms with Crippen molar-refractivity contribution >= 4 is 26.4 Å². The number of nitrogens with one attached hydrogen (secondary N) is 1. The highest BCUT2D eigenvalue weighted by Crippen LogP contribution is 2.36. The second-order valence-corrected chi connectivity index (χ2v) is 10.9. The van der Waals surface area contributed by atoms with Gasteiger partial charge in [0.1, 0.15) is 0 Å². The number of para-hydroxylation sites is 1. The first-order chi connectivity index (χ1) is 15.4. The van der Waals surface area contributed by atoms with Crippen LogP contribution in [0.5, 0.6) is 0 Å². The Morgan fingerprint density at radius 2 is 2.00 bits per heavy atom. The van der Waals surface area contributed by atoms with Crippen molar-refractivity contribution in [2.75, 3.05) is 50.5 Å². The molecule has 2 saturated heterocycles. The van der Waals surface area contributed by atoms with Gasteiger partial charge in [0.25, 0.3) is 0 Å². The van der Waals surface area contributed by atoms with Crippen molar-refractivity contribution in [1.82, 2.24) is 9.88 Å². The molecule has 1 atom stereocenters. The third-order valence-electron chi connectivity index (χ3n) is 6.61. The summed E-state index contributed by atoms with van der Waals surface area (Å²) >= 11 is 0. The molecule has 3 heterocycles. The van der Waals surface area contributed by atoms with Crippen molar-refractivity contribution in [3.05, 3.63) is 48.5 Å². The molecule has 2 N–H and O–H groups in total. The SMILES string of the molecule is CN(CCS(=O)(=O)c1ccc(N2CC[C@H](O)C2)c(-c2cc3ccccc3[nH]2)c1)C1COC1. The van der Waals surface area contributed by atoms with Crippen LogP contribution in [0.1, 0.15) is 6.42 Å². The summed E-state index contributed by atoms with van der Waals surface area (Å²) in [6, 6.07) is 15.7. The smallest absolute Gasteiger partial charge is 0.179 e. The molecule has 0 unspecified atom stereocenters. The molecule has 0 amide bonds. The van der Waals surface area contributed by atoms with Crippen LogP contribution in [0.3, 0.4) is 0 Å². The van der Waals surface area contributed by atoms with Crippen LogP contribution in [-0.2, 0) is 14.6 Å². The zero-order chi connectivity index (χ0) is 22.3. The Morgan fingerprint density at radius 1 is 1.19 bits per heavy atom. The van der Waals surface area contributed by atoms with E-state index in [1.807, 2.05) is 37.4 Å². The van der Waals surface area contributed by atoms with Crippen LogP contribution in [-0.4, -0.2) is 81.2 Å². The van der Waals surface area contributed by atoms with Gasteiger partial charge < -0.3 is 19.7 Å². The second-order valence-electron chi connectivity index (χ2n) is 8.83. The molecule has 2 aliphatic heterocycles. The highest BCUT2D eigenvalue weighted by Gasteiger charge is 2.27. The first kappa shape index (κ1) is 21.5. The lowest BCUT2D eigenvalue weighted by Crippen LogP contribution is -2.48. The van der Waals surface area contributed by atoms with Gasteiger partial charge in [-0.05, 0) is 43.8 Å². The number of aromatic amines is 1. The van der Waals surface area contributed by atoms with Gasteiger partial charge in [0, 0.05) is 47.5 Å². The number of ether oxygens (including phenoxy) is 1. The van der Waals surface area contributed by atoms with Gasteiger partial charge in [-0.25, -0.2) is 8.42 Å². The number of aliphatic hydroxyl groups excluding tert-OH is 1. The average Bonchev–Trinajstić information content (AvgIpc) is 3.37. The van der Waals surface area contributed by atoms with Crippen LogP contribution in [0, 0.1) is 0 Å². The maximum Gasteiger partial charge on any atom is 0.179 e. The first-order valence-electron chi connectivity index (χ1n) is 11.1. The van der Waals surface area contributed by atoms with Gasteiger partial charge in [0.2, 0.25) is 0 Å². The van der Waals surface area contributed by atoms with Gasteiger partial charge in [0.15, 0.2) is 9.84 Å². The Labute approximate surface area is 188 Å². The van der Waals surface area contributed by atoms with Gasteiger partial charge in [-0.15, -0.1) is 0 Å². The summed E-state index contributed by atoms with van der Waals surface area (Å²) in [5.41, 5.74) is 3.67. The number of hydrogen-bond donors (Lipinski definition) is 2. The number of fused-ring (bicyclic) bond motifs is 1. The van der Waals surface area contributed by atoms with Gasteiger partial charge in [-0.2, -0.15) is 0 Å². The van der Waals surface area contributed by atoms with Crippen LogP contribution in [0.25, 0.3) is 22.2 Å². The number of H-pyrrole nitrogens is 1. The summed E-state index contributed by atoms with van der Waals surface area (Å²) in [7, 11) is -1.50. The van der Waals surface area contributed by atoms with E-state index in [1.165, 1.54) is 0 Å². The van der Waals surface area contributed by atoms with E-state index < -0.39 is 9.84 Å². The van der Waals surface area contributed by atoms with Crippen LogP contribution in [0.15, 0.2) is 53.4 Å². The maximum absolute atomic E-state index is 13.2. The van der Waals surface area contributed by atoms with Gasteiger partial charge >= 0.3 is 0 Å². The molecule has 0 bridgehead atoms. The standard InChI is InChI=1S/C24H29N3O4S/c1-26(18-15-31-16-18)10-11-32(29,30)20-6-7-24(27-9-8-19(28)14-27)21(13-20)23-12-17-4-2-3-5-22(17)25-23/h2-7,12-13,18-19,25,28H,8-11,14-16H2,1H3/t19-/m0/s1. The molecule has 32 heavy (non-hydrogen) atoms. The molecule has 5 rings (SSSR count). The molecule has 0 saturated carbocycles. The fourth-order valence-corrected chi connectivity index (χ4v) is 5.76. The Hall–Kier alpha value is -2.39. The Bertz CT molecular complexity index is 1190. The summed E-state index contributed by atoms with van der Waals surface area (Å²) in [4.78, 5) is 7.95. The second kappa shape index (κ2) is 8.51. The van der Waals surface area contributed by atoms with Crippen LogP contribution in [0.2, 0.25) is 0 Å². The van der Waals surface area contributed by atoms with Crippen LogP contribution >= 0.6 is 0 Å². The number of sulfone groups is 1. The Kier molecular flexibility index (Phi) is 5.71. The topological polar surface area (TPSA) is 85.9 Å². The summed E-state index contributed by atoms with van der Waals surface area (Å²) in [5.74, 6) is 0.0634. The molecule has 2 aliphatic rings. The molecule has 2 fully saturated rings. The van der Waals surface area contributed by atoms with Crippen molar-refractivity contribution in [1.29, 1.82) is 0 Å². The highest BCUT2D eigenvalue weighted by atomic mass is 32.2. The summed E-state index contributed by atoms with van der Waals surface area (Å²) < 4.78 is 31.6. The van der Waals surface area contributed by atoms with E-state index in [4.69, 9.17) is 4.74 Å². The van der Waals surface area contributed by atoms with Gasteiger partial charge in [-0.1, -0.05) is 18.2 Å². The molecule has 170 valence electrons. The molecular formula is C24H29N3O4S. The fourth-order valence-electron chi connectivity index (χ4n) is 4.42. The minimum Gasteiger partial charge on any atom is -0.391 e. The van der Waals surface area contributed by atoms with E-state index >= 15 is 0 Å². The van der Waals surface area contributed by atoms with Crippen LogP contribution < -0.4 is 4.90 Å². The van der Waals surface area contributed by atoms with E-state index in [1.54, 1.807) is 12.1 Å². The number of rotatable bonds is 7. The molecule has 0 radical (unpaired) electrons. The number of likely N-dealkylation sites (N-methyl/N-ethyl adjacent to an activating group) is 1. The molecule has 0 spiro atoms. The van der Waals surface area contributed by atoms with Crippen molar-refractivity contribution < 1.29 is 18.3 Å². The monoisotopic (exact) mass is 455 g/mol. The average molecular weight is 456 g/mol. The molecule has 1 aromatic heterocycles. The quantitative estimate of drug-likeness (QED) is 0.569. The van der Waals surface area contributed by atoms with E-state index in [0.717, 1.165) is 34.4 Å². The molecule has 7 nitrogen and oxygen atoms in total. The number of anilines is 1. The van der Waals surface area contributed by atoms with Crippen molar-refractivity contribution in [2.45, 2.75) is 23.5 Å². The molecule has 3 aromatic rings. The third-order valence-corrected chi connectivity index (χ3v) is 8.30. The van der Waals surface area contributed by atoms with Crippen LogP contribution in [0.4, 0.5) is 5.69 Å². The Morgan fingerprint density at radius 3 is 2.69 bits per heavy atom. The minimum atomic E-state index is -3.45. The van der Waals surface area contributed by atoms with Crippen molar-refractivity contribution in [2.24, 2.45) is 0 Å².